The van der Waals surface area contributed by atoms with Crippen LogP contribution >= 0.6 is 11.6 Å². The van der Waals surface area contributed by atoms with E-state index >= 15 is 0 Å². The van der Waals surface area contributed by atoms with Crippen molar-refractivity contribution in [3.63, 3.8) is 0 Å². The van der Waals surface area contributed by atoms with Crippen LogP contribution in [0.5, 0.6) is 5.75 Å². The van der Waals surface area contributed by atoms with Crippen molar-refractivity contribution in [3.05, 3.63) is 83.4 Å². The molecule has 1 aliphatic carbocycles. The molecule has 0 spiro atoms. The third kappa shape index (κ3) is 9.06. The summed E-state index contributed by atoms with van der Waals surface area (Å²) >= 11 is 6.44. The van der Waals surface area contributed by atoms with Gasteiger partial charge in [-0.1, -0.05) is 43.7 Å². The normalized spacial score (nSPS) is 21.1. The number of fused-ring (bicyclic) bond motifs is 2. The number of hydrogen-bond acceptors (Lipinski definition) is 6. The van der Waals surface area contributed by atoms with Crippen LogP contribution in [0.2, 0.25) is 5.02 Å². The molecular formula is C37H50ClN3O5S. The lowest BCUT2D eigenvalue weighted by Gasteiger charge is -2.43. The largest absolute Gasteiger partial charge is 0.491 e. The fourth-order valence-electron chi connectivity index (χ4n) is 6.42. The fraction of sp³-hybridized carbons (Fsp3) is 0.514. The smallest absolute Gasteiger partial charge is 0.286 e. The highest BCUT2D eigenvalue weighted by molar-refractivity contribution is 7.93. The van der Waals surface area contributed by atoms with Crippen LogP contribution in [-0.4, -0.2) is 47.6 Å². The second kappa shape index (κ2) is 16.8. The first-order valence-electron chi connectivity index (χ1n) is 16.7. The molecule has 8 nitrogen and oxygen atoms in total. The average Bonchev–Trinajstić information content (AvgIpc) is 3.07. The summed E-state index contributed by atoms with van der Waals surface area (Å²) < 4.78 is 33.1. The summed E-state index contributed by atoms with van der Waals surface area (Å²) in [5.74, 6) is 0.144. The topological polar surface area (TPSA) is 97.3 Å². The van der Waals surface area contributed by atoms with Crippen molar-refractivity contribution in [2.45, 2.75) is 83.6 Å². The molecule has 256 valence electrons. The van der Waals surface area contributed by atoms with Gasteiger partial charge in [-0.05, 0) is 105 Å². The molecule has 2 aromatic rings. The van der Waals surface area contributed by atoms with Gasteiger partial charge in [0, 0.05) is 37.2 Å². The molecule has 6 atom stereocenters. The van der Waals surface area contributed by atoms with E-state index in [4.69, 9.17) is 21.1 Å². The first-order valence-corrected chi connectivity index (χ1v) is 18.6. The summed E-state index contributed by atoms with van der Waals surface area (Å²) in [4.78, 5) is 28.6. The van der Waals surface area contributed by atoms with Crippen molar-refractivity contribution in [2.24, 2.45) is 22.1 Å². The standard InChI is InChI=1S/C37H50ClN3O5S/c1-7-12-25(4)26(5)47(44,39-36(42)9-3)40-37(43)28-16-19-35-33(22-28)41(24-30-15-18-32(30)34(8-2)45-6)23-29-14-17-31(38)21-27(29)13-10-11-20-46-35/h7-8,14,16-17,19,21-22,25-26,30,32,34H,1-2,9-13,15,18,20,23-24H2,3-6H3,(H,39,40,42,43,44)/t25-,26+,30-,32+,34-,47?/m0/s1. The summed E-state index contributed by atoms with van der Waals surface area (Å²) in [5, 5.41) is 0.122. The maximum Gasteiger partial charge on any atom is 0.286 e. The van der Waals surface area contributed by atoms with Crippen LogP contribution in [0.3, 0.4) is 0 Å². The van der Waals surface area contributed by atoms with Crippen LogP contribution in [0.4, 0.5) is 5.69 Å². The summed E-state index contributed by atoms with van der Waals surface area (Å²) in [6, 6.07) is 11.3. The van der Waals surface area contributed by atoms with Crippen molar-refractivity contribution < 1.29 is 23.3 Å². The average molecular weight is 684 g/mol. The maximum atomic E-state index is 14.2. The van der Waals surface area contributed by atoms with Crippen molar-refractivity contribution in [1.82, 2.24) is 4.72 Å². The SMILES string of the molecule is C=CC[C@H](C)[C@@H](C)S(=O)(=NC(=O)c1ccc2c(c1)N(C[C@@H]1CC[C@H]1[C@H](C=C)OC)Cc1ccc(Cl)cc1CCCCO2)NC(=O)CC. The molecule has 47 heavy (non-hydrogen) atoms. The Morgan fingerprint density at radius 1 is 1.17 bits per heavy atom. The Morgan fingerprint density at radius 3 is 2.62 bits per heavy atom. The molecule has 1 N–H and O–H groups in total. The van der Waals surface area contributed by atoms with Crippen molar-refractivity contribution in [3.8, 4) is 5.75 Å². The number of halogens is 1. The van der Waals surface area contributed by atoms with Gasteiger partial charge in [-0.2, -0.15) is 0 Å². The Bertz CT molecular complexity index is 1570. The van der Waals surface area contributed by atoms with Gasteiger partial charge in [-0.3, -0.25) is 14.3 Å². The number of methoxy groups -OCH3 is 1. The predicted octanol–water partition coefficient (Wildman–Crippen LogP) is 7.94. The fourth-order valence-corrected chi connectivity index (χ4v) is 8.57. The van der Waals surface area contributed by atoms with Gasteiger partial charge in [0.1, 0.15) is 15.7 Å². The molecule has 0 bridgehead atoms. The number of benzene rings is 2. The van der Waals surface area contributed by atoms with E-state index in [0.717, 1.165) is 37.8 Å². The van der Waals surface area contributed by atoms with Gasteiger partial charge in [0.15, 0.2) is 0 Å². The number of carbonyl (C=O) groups is 2. The van der Waals surface area contributed by atoms with E-state index in [9.17, 15) is 13.8 Å². The van der Waals surface area contributed by atoms with Crippen molar-refractivity contribution >= 4 is 39.0 Å². The first kappa shape index (κ1) is 36.7. The van der Waals surface area contributed by atoms with Crippen LogP contribution < -0.4 is 14.4 Å². The number of nitrogens with one attached hydrogen (secondary N) is 1. The number of amides is 2. The third-order valence-electron chi connectivity index (χ3n) is 9.68. The molecule has 2 aromatic carbocycles. The molecule has 1 unspecified atom stereocenters. The minimum absolute atomic E-state index is 0.0387. The number of allylic oxidation sites excluding steroid dienone is 1. The summed E-state index contributed by atoms with van der Waals surface area (Å²) in [6.07, 6.45) is 9.08. The zero-order chi connectivity index (χ0) is 34.1. The number of rotatable bonds is 12. The Balaban J connectivity index is 1.80. The lowest BCUT2D eigenvalue weighted by atomic mass is 9.70. The molecule has 10 heteroatoms. The van der Waals surface area contributed by atoms with Gasteiger partial charge in [0.05, 0.1) is 23.6 Å². The Kier molecular flexibility index (Phi) is 13.1. The molecule has 0 aromatic heterocycles. The van der Waals surface area contributed by atoms with E-state index in [0.29, 0.717) is 48.7 Å². The monoisotopic (exact) mass is 683 g/mol. The molecule has 1 aliphatic heterocycles. The van der Waals surface area contributed by atoms with Crippen LogP contribution in [0.15, 0.2) is 66.1 Å². The number of aryl methyl sites for hydroxylation is 1. The number of anilines is 1. The second-order valence-corrected chi connectivity index (χ2v) is 15.5. The van der Waals surface area contributed by atoms with E-state index in [2.05, 4.69) is 33.2 Å². The minimum Gasteiger partial charge on any atom is -0.491 e. The van der Waals surface area contributed by atoms with Crippen molar-refractivity contribution in [1.29, 1.82) is 0 Å². The van der Waals surface area contributed by atoms with E-state index in [1.807, 2.05) is 31.2 Å². The van der Waals surface area contributed by atoms with Crippen molar-refractivity contribution in [2.75, 3.05) is 25.2 Å². The Hall–Kier alpha value is -3.14. The van der Waals surface area contributed by atoms with E-state index in [1.165, 1.54) is 11.1 Å². The number of carbonyl (C=O) groups excluding carboxylic acids is 2. The van der Waals surface area contributed by atoms with E-state index in [-0.39, 0.29) is 24.0 Å². The highest BCUT2D eigenvalue weighted by Gasteiger charge is 2.37. The third-order valence-corrected chi connectivity index (χ3v) is 12.3. The lowest BCUT2D eigenvalue weighted by Crippen LogP contribution is -2.43. The maximum absolute atomic E-state index is 14.2. The van der Waals surface area contributed by atoms with Gasteiger partial charge in [-0.25, -0.2) is 4.21 Å². The molecule has 0 saturated heterocycles. The second-order valence-electron chi connectivity index (χ2n) is 12.8. The first-order chi connectivity index (χ1) is 22.5. The van der Waals surface area contributed by atoms with E-state index < -0.39 is 27.0 Å². The highest BCUT2D eigenvalue weighted by atomic mass is 35.5. The molecule has 1 saturated carbocycles. The quantitative estimate of drug-likeness (QED) is 0.228. The molecule has 4 rings (SSSR count). The lowest BCUT2D eigenvalue weighted by molar-refractivity contribution is -0.119. The van der Waals surface area contributed by atoms with Gasteiger partial charge < -0.3 is 14.4 Å². The molecule has 0 radical (unpaired) electrons. The molecule has 2 aliphatic rings. The summed E-state index contributed by atoms with van der Waals surface area (Å²) in [7, 11) is -1.72. The van der Waals surface area contributed by atoms with Crippen LogP contribution in [0, 0.1) is 17.8 Å². The van der Waals surface area contributed by atoms with Gasteiger partial charge in [-0.15, -0.1) is 17.5 Å². The highest BCUT2D eigenvalue weighted by Crippen LogP contribution is 2.42. The molecule has 2 amide bonds. The van der Waals surface area contributed by atoms with Gasteiger partial charge in [0.2, 0.25) is 5.91 Å². The van der Waals surface area contributed by atoms with E-state index in [1.54, 1.807) is 39.2 Å². The number of hydrogen-bond donors (Lipinski definition) is 1. The van der Waals surface area contributed by atoms with Crippen LogP contribution in [-0.2, 0) is 32.4 Å². The number of nitrogens with zero attached hydrogens (tertiary/aromatic N) is 2. The summed E-state index contributed by atoms with van der Waals surface area (Å²) in [6.45, 7) is 15.0. The van der Waals surface area contributed by atoms with Gasteiger partial charge in [0.25, 0.3) is 5.91 Å². The van der Waals surface area contributed by atoms with Gasteiger partial charge >= 0.3 is 0 Å². The Labute approximate surface area is 286 Å². The van der Waals surface area contributed by atoms with Crippen LogP contribution in [0.1, 0.15) is 80.8 Å². The summed E-state index contributed by atoms with van der Waals surface area (Å²) in [5.41, 5.74) is 3.41. The van der Waals surface area contributed by atoms with Crippen LogP contribution in [0.25, 0.3) is 0 Å². The zero-order valence-electron chi connectivity index (χ0n) is 28.2. The minimum atomic E-state index is -3.44. The Morgan fingerprint density at radius 2 is 1.96 bits per heavy atom. The number of ether oxygens (including phenoxy) is 2. The predicted molar refractivity (Wildman–Crippen MR) is 191 cm³/mol. The molecular weight excluding hydrogens is 634 g/mol. The molecule has 1 fully saturated rings. The molecule has 1 heterocycles. The zero-order valence-corrected chi connectivity index (χ0v) is 29.8.